The zero-order valence-corrected chi connectivity index (χ0v) is 23.2. The van der Waals surface area contributed by atoms with Crippen LogP contribution in [0.4, 0.5) is 10.5 Å². The molecule has 0 saturated heterocycles. The minimum Gasteiger partial charge on any atom is -0.496 e. The predicted molar refractivity (Wildman–Crippen MR) is 155 cm³/mol. The van der Waals surface area contributed by atoms with Crippen LogP contribution in [0.25, 0.3) is 22.4 Å². The number of nitrogens with one attached hydrogen (secondary N) is 1. The number of benzene rings is 2. The maximum atomic E-state index is 12.9. The smallest absolute Gasteiger partial charge is 0.407 e. The Morgan fingerprint density at radius 2 is 1.83 bits per heavy atom. The first kappa shape index (κ1) is 29.5. The van der Waals surface area contributed by atoms with Gasteiger partial charge in [0.25, 0.3) is 5.91 Å². The Morgan fingerprint density at radius 3 is 2.49 bits per heavy atom. The summed E-state index contributed by atoms with van der Waals surface area (Å²) in [7, 11) is 1.47. The lowest BCUT2D eigenvalue weighted by Gasteiger charge is -2.17. The van der Waals surface area contributed by atoms with E-state index in [2.05, 4.69) is 15.3 Å². The highest BCUT2D eigenvalue weighted by Gasteiger charge is 2.18. The molecule has 0 bridgehead atoms. The first-order valence-corrected chi connectivity index (χ1v) is 12.9. The molecule has 10 nitrogen and oxygen atoms in total. The number of ether oxygens (including phenoxy) is 1. The van der Waals surface area contributed by atoms with Crippen molar-refractivity contribution in [1.29, 1.82) is 0 Å². The molecule has 0 aliphatic rings. The Bertz CT molecular complexity index is 1600. The molecule has 0 aliphatic heterocycles. The third kappa shape index (κ3) is 6.63. The van der Waals surface area contributed by atoms with Gasteiger partial charge in [0.2, 0.25) is 0 Å². The van der Waals surface area contributed by atoms with Crippen LogP contribution < -0.4 is 10.1 Å². The molecule has 41 heavy (non-hydrogen) atoms. The van der Waals surface area contributed by atoms with Crippen molar-refractivity contribution in [2.45, 2.75) is 6.54 Å². The Balaban J connectivity index is 1.58. The van der Waals surface area contributed by atoms with Crippen LogP contribution in [0, 0.1) is 0 Å². The third-order valence-electron chi connectivity index (χ3n) is 6.13. The van der Waals surface area contributed by atoms with Crippen LogP contribution in [0.2, 0.25) is 10.0 Å². The first-order valence-electron chi connectivity index (χ1n) is 12.2. The van der Waals surface area contributed by atoms with Gasteiger partial charge >= 0.3 is 6.09 Å². The second kappa shape index (κ2) is 13.2. The summed E-state index contributed by atoms with van der Waals surface area (Å²) in [5, 5.41) is 21.6. The highest BCUT2D eigenvalue weighted by Crippen LogP contribution is 2.41. The Kier molecular flexibility index (Phi) is 9.51. The van der Waals surface area contributed by atoms with Crippen LogP contribution in [0.3, 0.4) is 0 Å². The van der Waals surface area contributed by atoms with Crippen LogP contribution in [0.5, 0.6) is 5.75 Å². The number of nitrogens with zero attached hydrogens (tertiary/aromatic N) is 3. The van der Waals surface area contributed by atoms with E-state index < -0.39 is 12.0 Å². The van der Waals surface area contributed by atoms with Gasteiger partial charge in [-0.2, -0.15) is 0 Å². The lowest BCUT2D eigenvalue weighted by Crippen LogP contribution is -2.31. The molecular weight excluding hydrogens is 571 g/mol. The Hall–Kier alpha value is -4.51. The highest BCUT2D eigenvalue weighted by molar-refractivity contribution is 6.39. The van der Waals surface area contributed by atoms with E-state index in [1.807, 2.05) is 0 Å². The fraction of sp³-hybridized carbons (Fsp3) is 0.138. The number of aliphatic hydroxyl groups excluding tert-OH is 1. The number of rotatable bonds is 10. The van der Waals surface area contributed by atoms with E-state index in [0.29, 0.717) is 56.3 Å². The molecule has 0 saturated carbocycles. The van der Waals surface area contributed by atoms with Crippen molar-refractivity contribution in [3.8, 4) is 28.1 Å². The summed E-state index contributed by atoms with van der Waals surface area (Å²) in [5.74, 6) is -0.139. The average molecular weight is 595 g/mol. The number of halogens is 2. The molecular formula is C29H24Cl2N4O6. The first-order chi connectivity index (χ1) is 19.8. The summed E-state index contributed by atoms with van der Waals surface area (Å²) in [5.41, 5.74) is 3.58. The number of anilines is 1. The number of aliphatic hydroxyl groups is 1. The van der Waals surface area contributed by atoms with Crippen molar-refractivity contribution in [3.05, 3.63) is 93.9 Å². The molecule has 2 heterocycles. The number of carbonyl (C=O) groups excluding carboxylic acids is 2. The number of pyridine rings is 2. The van der Waals surface area contributed by atoms with Gasteiger partial charge in [-0.25, -0.2) is 4.79 Å². The van der Waals surface area contributed by atoms with E-state index >= 15 is 0 Å². The summed E-state index contributed by atoms with van der Waals surface area (Å²) in [6.07, 6.45) is 2.50. The van der Waals surface area contributed by atoms with Crippen LogP contribution in [-0.2, 0) is 6.54 Å². The van der Waals surface area contributed by atoms with Gasteiger partial charge in [0.05, 0.1) is 47.3 Å². The van der Waals surface area contributed by atoms with Gasteiger partial charge in [-0.15, -0.1) is 0 Å². The van der Waals surface area contributed by atoms with Crippen molar-refractivity contribution in [2.75, 3.05) is 25.6 Å². The van der Waals surface area contributed by atoms with Crippen molar-refractivity contribution >= 4 is 47.2 Å². The van der Waals surface area contributed by atoms with Crippen LogP contribution in [0.1, 0.15) is 26.4 Å². The standard InChI is InChI=1S/C29H24Cl2N4O6/c1-41-24-13-18(6-7-19(24)16-37)27-26(31)21(9-10-32-27)20-3-2-4-22(25(20)30)34-28(38)23-8-5-17(14-33-23)15-35(11-12-36)29(39)40/h2-10,13-14,16,36H,11-12,15H2,1H3,(H,34,38)(H,39,40). The van der Waals surface area contributed by atoms with Gasteiger partial charge in [0.15, 0.2) is 6.29 Å². The minimum atomic E-state index is -1.17. The molecule has 2 aromatic carbocycles. The molecule has 0 fully saturated rings. The summed E-state index contributed by atoms with van der Waals surface area (Å²) in [6.45, 7) is -0.341. The molecule has 3 N–H and O–H groups in total. The topological polar surface area (TPSA) is 142 Å². The number of methoxy groups -OCH3 is 1. The summed E-state index contributed by atoms with van der Waals surface area (Å²) in [4.78, 5) is 45.1. The van der Waals surface area contributed by atoms with Crippen LogP contribution >= 0.6 is 23.2 Å². The lowest BCUT2D eigenvalue weighted by atomic mass is 10.0. The minimum absolute atomic E-state index is 0.0152. The molecule has 4 aromatic rings. The van der Waals surface area contributed by atoms with Gasteiger partial charge in [-0.05, 0) is 35.9 Å². The van der Waals surface area contributed by atoms with E-state index in [9.17, 15) is 19.5 Å². The number of hydrogen-bond donors (Lipinski definition) is 3. The molecule has 4 rings (SSSR count). The third-order valence-corrected chi connectivity index (χ3v) is 6.92. The van der Waals surface area contributed by atoms with E-state index in [1.54, 1.807) is 54.7 Å². The predicted octanol–water partition coefficient (Wildman–Crippen LogP) is 5.66. The number of carbonyl (C=O) groups is 3. The molecule has 2 aromatic heterocycles. The summed E-state index contributed by atoms with van der Waals surface area (Å²) < 4.78 is 5.30. The fourth-order valence-electron chi connectivity index (χ4n) is 4.07. The van der Waals surface area contributed by atoms with Gasteiger partial charge in [0.1, 0.15) is 11.4 Å². The zero-order valence-electron chi connectivity index (χ0n) is 21.7. The Morgan fingerprint density at radius 1 is 1.05 bits per heavy atom. The summed E-state index contributed by atoms with van der Waals surface area (Å²) >= 11 is 13.5. The number of aromatic nitrogens is 2. The van der Waals surface area contributed by atoms with E-state index in [0.717, 1.165) is 4.90 Å². The van der Waals surface area contributed by atoms with Crippen LogP contribution in [-0.4, -0.2) is 63.6 Å². The molecule has 12 heteroatoms. The number of aldehydes is 1. The van der Waals surface area contributed by atoms with E-state index in [-0.39, 0.29) is 30.4 Å². The molecule has 210 valence electrons. The second-order valence-corrected chi connectivity index (χ2v) is 9.45. The second-order valence-electron chi connectivity index (χ2n) is 8.70. The largest absolute Gasteiger partial charge is 0.496 e. The van der Waals surface area contributed by atoms with Crippen molar-refractivity contribution < 1.29 is 29.3 Å². The molecule has 2 amide bonds. The number of amides is 2. The number of carboxylic acid groups (broad SMARTS) is 1. The quantitative estimate of drug-likeness (QED) is 0.199. The van der Waals surface area contributed by atoms with E-state index in [4.69, 9.17) is 33.0 Å². The fourth-order valence-corrected chi connectivity index (χ4v) is 4.67. The van der Waals surface area contributed by atoms with Crippen molar-refractivity contribution in [2.24, 2.45) is 0 Å². The maximum Gasteiger partial charge on any atom is 0.407 e. The molecule has 0 unspecified atom stereocenters. The van der Waals surface area contributed by atoms with Gasteiger partial charge < -0.3 is 25.2 Å². The van der Waals surface area contributed by atoms with E-state index in [1.165, 1.54) is 19.4 Å². The Labute approximate surface area is 245 Å². The molecule has 0 radical (unpaired) electrons. The SMILES string of the molecule is COc1cc(-c2nccc(-c3cccc(NC(=O)c4ccc(CN(CCO)C(=O)O)cn4)c3Cl)c2Cl)ccc1C=O. The van der Waals surface area contributed by atoms with Crippen molar-refractivity contribution in [1.82, 2.24) is 14.9 Å². The lowest BCUT2D eigenvalue weighted by molar-refractivity contribution is 0.102. The maximum absolute atomic E-state index is 12.9. The van der Waals surface area contributed by atoms with Gasteiger partial charge in [-0.1, -0.05) is 47.5 Å². The zero-order chi connectivity index (χ0) is 29.5. The summed E-state index contributed by atoms with van der Waals surface area (Å²) in [6, 6.07) is 14.9. The van der Waals surface area contributed by atoms with Gasteiger partial charge in [-0.3, -0.25) is 19.6 Å². The van der Waals surface area contributed by atoms with Crippen molar-refractivity contribution in [3.63, 3.8) is 0 Å². The van der Waals surface area contributed by atoms with Gasteiger partial charge in [0, 0.05) is 35.6 Å². The molecule has 0 spiro atoms. The normalized spacial score (nSPS) is 10.6. The molecule has 0 atom stereocenters. The number of hydrogen-bond acceptors (Lipinski definition) is 7. The monoisotopic (exact) mass is 594 g/mol. The highest BCUT2D eigenvalue weighted by atomic mass is 35.5. The van der Waals surface area contributed by atoms with Crippen LogP contribution in [0.15, 0.2) is 67.0 Å². The molecule has 0 aliphatic carbocycles. The average Bonchev–Trinajstić information content (AvgIpc) is 2.98.